The van der Waals surface area contributed by atoms with Gasteiger partial charge in [0.15, 0.2) is 11.6 Å². The molecule has 7 heteroatoms. The van der Waals surface area contributed by atoms with Gasteiger partial charge in [0.25, 0.3) is 5.91 Å². The van der Waals surface area contributed by atoms with Gasteiger partial charge in [-0.2, -0.15) is 0 Å². The number of nitrogens with zero attached hydrogens (tertiary/aromatic N) is 1. The molecule has 0 radical (unpaired) electrons. The van der Waals surface area contributed by atoms with Crippen molar-refractivity contribution in [3.8, 4) is 5.75 Å². The van der Waals surface area contributed by atoms with Crippen LogP contribution in [0.4, 0.5) is 4.39 Å². The zero-order chi connectivity index (χ0) is 20.6. The van der Waals surface area contributed by atoms with E-state index in [0.29, 0.717) is 34.1 Å². The number of carboxylic acid groups (broad SMARTS) is 1. The lowest BCUT2D eigenvalue weighted by Crippen LogP contribution is -2.16. The van der Waals surface area contributed by atoms with Crippen LogP contribution in [-0.4, -0.2) is 28.7 Å². The zero-order valence-corrected chi connectivity index (χ0v) is 17.2. The lowest BCUT2D eigenvalue weighted by molar-refractivity contribution is -0.138. The van der Waals surface area contributed by atoms with Gasteiger partial charge in [0.2, 0.25) is 0 Å². The van der Waals surface area contributed by atoms with Gasteiger partial charge in [-0.25, -0.2) is 4.39 Å². The van der Waals surface area contributed by atoms with Crippen molar-refractivity contribution in [3.05, 3.63) is 63.5 Å². The summed E-state index contributed by atoms with van der Waals surface area (Å²) in [5.74, 6) is -2.79. The molecular weight excluding hydrogens is 429 g/mol. The van der Waals surface area contributed by atoms with E-state index in [1.54, 1.807) is 38.1 Å². The van der Waals surface area contributed by atoms with Gasteiger partial charge >= 0.3 is 5.97 Å². The number of halogens is 2. The molecule has 3 rings (SSSR count). The van der Waals surface area contributed by atoms with E-state index in [2.05, 4.69) is 15.9 Å². The molecule has 1 N–H and O–H groups in total. The topological polar surface area (TPSA) is 68.5 Å². The summed E-state index contributed by atoms with van der Waals surface area (Å²) < 4.78 is 21.7. The SMILES string of the molecule is CCC(C(=O)O)c1c(C)n(C(=O)c2ccc(Br)cc2)c2cc(F)c(OC)cc12. The van der Waals surface area contributed by atoms with Crippen LogP contribution in [0.2, 0.25) is 0 Å². The smallest absolute Gasteiger partial charge is 0.311 e. The first kappa shape index (κ1) is 20.1. The van der Waals surface area contributed by atoms with E-state index in [1.165, 1.54) is 23.8 Å². The predicted molar refractivity (Wildman–Crippen MR) is 108 cm³/mol. The Kier molecular flexibility index (Phi) is 5.56. The molecule has 0 aliphatic rings. The number of aliphatic carboxylic acids is 1. The van der Waals surface area contributed by atoms with E-state index < -0.39 is 17.7 Å². The molecule has 0 aliphatic heterocycles. The zero-order valence-electron chi connectivity index (χ0n) is 15.6. The third-order valence-electron chi connectivity index (χ3n) is 4.88. The summed E-state index contributed by atoms with van der Waals surface area (Å²) in [5, 5.41) is 10.2. The summed E-state index contributed by atoms with van der Waals surface area (Å²) in [6.45, 7) is 3.45. The maximum Gasteiger partial charge on any atom is 0.311 e. The second kappa shape index (κ2) is 7.75. The maximum atomic E-state index is 14.4. The number of benzene rings is 2. The Balaban J connectivity index is 2.35. The van der Waals surface area contributed by atoms with E-state index in [-0.39, 0.29) is 11.7 Å². The Bertz CT molecular complexity index is 1070. The van der Waals surface area contributed by atoms with Crippen molar-refractivity contribution < 1.29 is 23.8 Å². The van der Waals surface area contributed by atoms with Crippen molar-refractivity contribution in [2.45, 2.75) is 26.2 Å². The molecule has 146 valence electrons. The Morgan fingerprint density at radius 1 is 1.25 bits per heavy atom. The maximum absolute atomic E-state index is 14.4. The number of methoxy groups -OCH3 is 1. The lowest BCUT2D eigenvalue weighted by Gasteiger charge is -2.12. The Labute approximate surface area is 169 Å². The van der Waals surface area contributed by atoms with Gasteiger partial charge in [-0.15, -0.1) is 0 Å². The van der Waals surface area contributed by atoms with E-state index in [0.717, 1.165) is 4.47 Å². The fourth-order valence-corrected chi connectivity index (χ4v) is 3.79. The van der Waals surface area contributed by atoms with E-state index in [4.69, 9.17) is 4.74 Å². The molecule has 2 aromatic carbocycles. The number of carbonyl (C=O) groups is 2. The quantitative estimate of drug-likeness (QED) is 0.588. The van der Waals surface area contributed by atoms with Crippen LogP contribution in [0, 0.1) is 12.7 Å². The molecule has 28 heavy (non-hydrogen) atoms. The molecule has 1 aromatic heterocycles. The van der Waals surface area contributed by atoms with Gasteiger partial charge in [-0.3, -0.25) is 14.2 Å². The molecule has 0 spiro atoms. The number of fused-ring (bicyclic) bond motifs is 1. The highest BCUT2D eigenvalue weighted by molar-refractivity contribution is 9.10. The van der Waals surface area contributed by atoms with Crippen LogP contribution in [0.1, 0.15) is 40.9 Å². The van der Waals surface area contributed by atoms with Gasteiger partial charge in [-0.1, -0.05) is 22.9 Å². The summed E-state index contributed by atoms with van der Waals surface area (Å²) in [6.07, 6.45) is 0.335. The minimum atomic E-state index is -0.996. The second-order valence-corrected chi connectivity index (χ2v) is 7.37. The van der Waals surface area contributed by atoms with Crippen molar-refractivity contribution in [2.24, 2.45) is 0 Å². The second-order valence-electron chi connectivity index (χ2n) is 6.45. The molecule has 1 unspecified atom stereocenters. The first-order valence-electron chi connectivity index (χ1n) is 8.71. The number of rotatable bonds is 5. The average Bonchev–Trinajstić information content (AvgIpc) is 2.93. The lowest BCUT2D eigenvalue weighted by atomic mass is 9.94. The van der Waals surface area contributed by atoms with Gasteiger partial charge in [0, 0.05) is 27.2 Å². The Morgan fingerprint density at radius 2 is 1.89 bits per heavy atom. The van der Waals surface area contributed by atoms with Crippen LogP contribution >= 0.6 is 15.9 Å². The van der Waals surface area contributed by atoms with Crippen LogP contribution in [0.15, 0.2) is 40.9 Å². The summed E-state index contributed by atoms with van der Waals surface area (Å²) in [6, 6.07) is 9.48. The number of aromatic nitrogens is 1. The van der Waals surface area contributed by atoms with Crippen LogP contribution in [0.25, 0.3) is 10.9 Å². The minimum absolute atomic E-state index is 0.00207. The van der Waals surface area contributed by atoms with Crippen molar-refractivity contribution in [1.82, 2.24) is 4.57 Å². The fraction of sp³-hybridized carbons (Fsp3) is 0.238. The van der Waals surface area contributed by atoms with Crippen molar-refractivity contribution in [2.75, 3.05) is 7.11 Å². The normalized spacial score (nSPS) is 12.2. The fourth-order valence-electron chi connectivity index (χ4n) is 3.52. The molecule has 5 nitrogen and oxygen atoms in total. The number of ether oxygens (including phenoxy) is 1. The van der Waals surface area contributed by atoms with Crippen molar-refractivity contribution in [1.29, 1.82) is 0 Å². The summed E-state index contributed by atoms with van der Waals surface area (Å²) in [4.78, 5) is 25.0. The third-order valence-corrected chi connectivity index (χ3v) is 5.40. The highest BCUT2D eigenvalue weighted by atomic mass is 79.9. The molecule has 1 heterocycles. The Hall–Kier alpha value is -2.67. The van der Waals surface area contributed by atoms with Gasteiger partial charge in [-0.05, 0) is 49.2 Å². The van der Waals surface area contributed by atoms with Gasteiger partial charge in [0.05, 0.1) is 18.5 Å². The number of carboxylic acids is 1. The standard InChI is InChI=1S/C21H19BrFNO4/c1-4-14(21(26)27)19-11(2)24(20(25)12-5-7-13(22)8-6-12)17-10-16(23)18(28-3)9-15(17)19/h5-10,14H,4H2,1-3H3,(H,26,27). The number of carbonyl (C=O) groups excluding carboxylic acids is 1. The highest BCUT2D eigenvalue weighted by Crippen LogP contribution is 2.37. The van der Waals surface area contributed by atoms with E-state index in [1.807, 2.05) is 0 Å². The molecule has 3 aromatic rings. The first-order valence-corrected chi connectivity index (χ1v) is 9.50. The minimum Gasteiger partial charge on any atom is -0.494 e. The molecule has 0 aliphatic carbocycles. The van der Waals surface area contributed by atoms with Crippen LogP contribution in [-0.2, 0) is 4.79 Å². The Morgan fingerprint density at radius 3 is 2.43 bits per heavy atom. The van der Waals surface area contributed by atoms with Crippen molar-refractivity contribution in [3.63, 3.8) is 0 Å². The molecule has 0 fully saturated rings. The number of hydrogen-bond acceptors (Lipinski definition) is 3. The first-order chi connectivity index (χ1) is 13.3. The monoisotopic (exact) mass is 447 g/mol. The third kappa shape index (κ3) is 3.30. The average molecular weight is 448 g/mol. The summed E-state index contributed by atoms with van der Waals surface area (Å²) >= 11 is 3.33. The summed E-state index contributed by atoms with van der Waals surface area (Å²) in [7, 11) is 1.34. The van der Waals surface area contributed by atoms with E-state index >= 15 is 0 Å². The molecule has 0 saturated heterocycles. The predicted octanol–water partition coefficient (Wildman–Crippen LogP) is 5.13. The van der Waals surface area contributed by atoms with Crippen molar-refractivity contribution >= 4 is 38.7 Å². The molecule has 0 amide bonds. The van der Waals surface area contributed by atoms with Crippen LogP contribution in [0.3, 0.4) is 0 Å². The highest BCUT2D eigenvalue weighted by Gasteiger charge is 2.29. The van der Waals surface area contributed by atoms with E-state index in [9.17, 15) is 19.1 Å². The largest absolute Gasteiger partial charge is 0.494 e. The van der Waals surface area contributed by atoms with Gasteiger partial charge in [0.1, 0.15) is 0 Å². The van der Waals surface area contributed by atoms with Gasteiger partial charge < -0.3 is 9.84 Å². The summed E-state index contributed by atoms with van der Waals surface area (Å²) in [5.41, 5.74) is 1.70. The molecular formula is C21H19BrFNO4. The molecule has 0 saturated carbocycles. The van der Waals surface area contributed by atoms with Crippen LogP contribution < -0.4 is 4.74 Å². The number of hydrogen-bond donors (Lipinski definition) is 1. The molecule has 1 atom stereocenters. The molecule has 0 bridgehead atoms. The van der Waals surface area contributed by atoms with Crippen LogP contribution in [0.5, 0.6) is 5.75 Å².